The largest absolute Gasteiger partial charge is 0.353 e. The first-order valence-corrected chi connectivity index (χ1v) is 5.97. The average Bonchev–Trinajstić information content (AvgIpc) is 2.13. The molecule has 0 bridgehead atoms. The van der Waals surface area contributed by atoms with Gasteiger partial charge in [0, 0.05) is 19.0 Å². The maximum absolute atomic E-state index is 11.5. The van der Waals surface area contributed by atoms with E-state index in [2.05, 4.69) is 24.5 Å². The van der Waals surface area contributed by atoms with E-state index in [1.807, 2.05) is 7.05 Å². The maximum Gasteiger partial charge on any atom is 0.221 e. The fourth-order valence-corrected chi connectivity index (χ4v) is 2.36. The highest BCUT2D eigenvalue weighted by molar-refractivity contribution is 5.76. The molecular formula is C12H24N2O. The van der Waals surface area contributed by atoms with Crippen LogP contribution in [-0.2, 0) is 4.79 Å². The van der Waals surface area contributed by atoms with Gasteiger partial charge >= 0.3 is 0 Å². The molecule has 0 spiro atoms. The molecule has 0 heterocycles. The van der Waals surface area contributed by atoms with E-state index in [1.54, 1.807) is 0 Å². The molecule has 1 aliphatic carbocycles. The summed E-state index contributed by atoms with van der Waals surface area (Å²) >= 11 is 0. The first-order valence-electron chi connectivity index (χ1n) is 5.97. The number of carbonyl (C=O) groups is 1. The highest BCUT2D eigenvalue weighted by Gasteiger charge is 2.28. The summed E-state index contributed by atoms with van der Waals surface area (Å²) in [5.74, 6) is 0.187. The van der Waals surface area contributed by atoms with E-state index in [1.165, 1.54) is 12.8 Å². The second kappa shape index (κ2) is 5.50. The Hall–Kier alpha value is -0.570. The third-order valence-corrected chi connectivity index (χ3v) is 3.17. The van der Waals surface area contributed by atoms with Crippen molar-refractivity contribution < 1.29 is 4.79 Å². The topological polar surface area (TPSA) is 41.1 Å². The Bertz CT molecular complexity index is 214. The first-order chi connectivity index (χ1) is 7.03. The van der Waals surface area contributed by atoms with Crippen LogP contribution in [0, 0.1) is 5.41 Å². The zero-order chi connectivity index (χ0) is 11.3. The molecule has 0 aliphatic heterocycles. The summed E-state index contributed by atoms with van der Waals surface area (Å²) in [7, 11) is 1.87. The molecule has 0 aromatic rings. The van der Waals surface area contributed by atoms with E-state index in [-0.39, 0.29) is 5.91 Å². The smallest absolute Gasteiger partial charge is 0.221 e. The fraction of sp³-hybridized carbons (Fsp3) is 0.917. The zero-order valence-electron chi connectivity index (χ0n) is 10.2. The van der Waals surface area contributed by atoms with Gasteiger partial charge < -0.3 is 10.6 Å². The van der Waals surface area contributed by atoms with E-state index in [4.69, 9.17) is 0 Å². The molecule has 3 nitrogen and oxygen atoms in total. The van der Waals surface area contributed by atoms with Gasteiger partial charge in [-0.2, -0.15) is 0 Å². The summed E-state index contributed by atoms with van der Waals surface area (Å²) in [5.41, 5.74) is 0.402. The lowest BCUT2D eigenvalue weighted by atomic mass is 9.75. The summed E-state index contributed by atoms with van der Waals surface area (Å²) in [6, 6.07) is 0.401. The molecule has 0 radical (unpaired) electrons. The van der Waals surface area contributed by atoms with Crippen molar-refractivity contribution in [3.63, 3.8) is 0 Å². The number of amides is 1. The van der Waals surface area contributed by atoms with Gasteiger partial charge in [0.1, 0.15) is 0 Å². The Balaban J connectivity index is 2.28. The lowest BCUT2D eigenvalue weighted by Crippen LogP contribution is -2.41. The quantitative estimate of drug-likeness (QED) is 0.744. The summed E-state index contributed by atoms with van der Waals surface area (Å²) < 4.78 is 0. The SMILES string of the molecule is CNCCC(=O)NC1CCCC(C)(C)C1. The summed E-state index contributed by atoms with van der Waals surface area (Å²) in [5, 5.41) is 6.12. The van der Waals surface area contributed by atoms with Gasteiger partial charge in [-0.15, -0.1) is 0 Å². The normalized spacial score (nSPS) is 24.9. The molecule has 2 N–H and O–H groups in total. The minimum Gasteiger partial charge on any atom is -0.353 e. The Morgan fingerprint density at radius 3 is 2.80 bits per heavy atom. The fourth-order valence-electron chi connectivity index (χ4n) is 2.36. The zero-order valence-corrected chi connectivity index (χ0v) is 10.2. The second-order valence-electron chi connectivity index (χ2n) is 5.38. The Kier molecular flexibility index (Phi) is 4.58. The van der Waals surface area contributed by atoms with Crippen molar-refractivity contribution >= 4 is 5.91 Å². The molecule has 88 valence electrons. The highest BCUT2D eigenvalue weighted by Crippen LogP contribution is 2.34. The predicted octanol–water partition coefficient (Wildman–Crippen LogP) is 1.68. The maximum atomic E-state index is 11.5. The predicted molar refractivity (Wildman–Crippen MR) is 62.7 cm³/mol. The van der Waals surface area contributed by atoms with Gasteiger partial charge in [0.05, 0.1) is 0 Å². The van der Waals surface area contributed by atoms with Crippen LogP contribution in [0.2, 0.25) is 0 Å². The molecule has 1 rings (SSSR count). The van der Waals surface area contributed by atoms with Crippen LogP contribution in [-0.4, -0.2) is 25.5 Å². The van der Waals surface area contributed by atoms with E-state index in [9.17, 15) is 4.79 Å². The third-order valence-electron chi connectivity index (χ3n) is 3.17. The monoisotopic (exact) mass is 212 g/mol. The summed E-state index contributed by atoms with van der Waals surface area (Å²) in [6.07, 6.45) is 5.39. The number of rotatable bonds is 4. The highest BCUT2D eigenvalue weighted by atomic mass is 16.1. The molecule has 0 saturated heterocycles. The number of carbonyl (C=O) groups excluding carboxylic acids is 1. The van der Waals surface area contributed by atoms with Gasteiger partial charge in [0.25, 0.3) is 0 Å². The Labute approximate surface area is 93.0 Å². The molecule has 0 aromatic carbocycles. The van der Waals surface area contributed by atoms with Crippen LogP contribution < -0.4 is 10.6 Å². The van der Waals surface area contributed by atoms with Crippen molar-refractivity contribution in [3.8, 4) is 0 Å². The molecule has 1 unspecified atom stereocenters. The van der Waals surface area contributed by atoms with Crippen molar-refractivity contribution in [2.24, 2.45) is 5.41 Å². The van der Waals surface area contributed by atoms with Crippen LogP contribution in [0.3, 0.4) is 0 Å². The average molecular weight is 212 g/mol. The van der Waals surface area contributed by atoms with E-state index in [0.717, 1.165) is 19.4 Å². The number of hydrogen-bond acceptors (Lipinski definition) is 2. The van der Waals surface area contributed by atoms with Gasteiger partial charge in [0.2, 0.25) is 5.91 Å². The molecular weight excluding hydrogens is 188 g/mol. The van der Waals surface area contributed by atoms with Crippen LogP contribution in [0.5, 0.6) is 0 Å². The van der Waals surface area contributed by atoms with E-state index >= 15 is 0 Å². The summed E-state index contributed by atoms with van der Waals surface area (Å²) in [4.78, 5) is 11.5. The Morgan fingerprint density at radius 1 is 1.47 bits per heavy atom. The third kappa shape index (κ3) is 4.65. The van der Waals surface area contributed by atoms with Crippen molar-refractivity contribution in [2.75, 3.05) is 13.6 Å². The standard InChI is InChI=1S/C12H24N2O/c1-12(2)7-4-5-10(9-12)14-11(15)6-8-13-3/h10,13H,4-9H2,1-3H3,(H,14,15). The minimum atomic E-state index is 0.187. The van der Waals surface area contributed by atoms with E-state index in [0.29, 0.717) is 17.9 Å². The van der Waals surface area contributed by atoms with Gasteiger partial charge in [-0.1, -0.05) is 20.3 Å². The molecule has 0 aromatic heterocycles. The van der Waals surface area contributed by atoms with Gasteiger partial charge in [-0.3, -0.25) is 4.79 Å². The Morgan fingerprint density at radius 2 is 2.20 bits per heavy atom. The first kappa shape index (κ1) is 12.5. The molecule has 1 fully saturated rings. The molecule has 1 aliphatic rings. The lowest BCUT2D eigenvalue weighted by Gasteiger charge is -2.35. The van der Waals surface area contributed by atoms with Crippen LogP contribution >= 0.6 is 0 Å². The van der Waals surface area contributed by atoms with Crippen LogP contribution in [0.15, 0.2) is 0 Å². The molecule has 1 atom stereocenters. The molecule has 15 heavy (non-hydrogen) atoms. The van der Waals surface area contributed by atoms with Gasteiger partial charge in [-0.25, -0.2) is 0 Å². The number of hydrogen-bond donors (Lipinski definition) is 2. The van der Waals surface area contributed by atoms with Crippen LogP contribution in [0.4, 0.5) is 0 Å². The minimum absolute atomic E-state index is 0.187. The van der Waals surface area contributed by atoms with Crippen LogP contribution in [0.25, 0.3) is 0 Å². The van der Waals surface area contributed by atoms with Crippen molar-refractivity contribution in [1.29, 1.82) is 0 Å². The van der Waals surface area contributed by atoms with Crippen LogP contribution in [0.1, 0.15) is 46.0 Å². The molecule has 1 saturated carbocycles. The van der Waals surface area contributed by atoms with E-state index < -0.39 is 0 Å². The number of nitrogens with one attached hydrogen (secondary N) is 2. The van der Waals surface area contributed by atoms with Crippen molar-refractivity contribution in [1.82, 2.24) is 10.6 Å². The molecule has 3 heteroatoms. The molecule has 1 amide bonds. The van der Waals surface area contributed by atoms with Crippen molar-refractivity contribution in [3.05, 3.63) is 0 Å². The summed E-state index contributed by atoms with van der Waals surface area (Å²) in [6.45, 7) is 5.35. The van der Waals surface area contributed by atoms with Gasteiger partial charge in [0.15, 0.2) is 0 Å². The van der Waals surface area contributed by atoms with Gasteiger partial charge in [-0.05, 0) is 31.7 Å². The lowest BCUT2D eigenvalue weighted by molar-refractivity contribution is -0.122. The van der Waals surface area contributed by atoms with Crippen molar-refractivity contribution in [2.45, 2.75) is 52.0 Å². The second-order valence-corrected chi connectivity index (χ2v) is 5.38.